The fraction of sp³-hybridized carbons (Fsp3) is 0.870. The van der Waals surface area contributed by atoms with E-state index in [-0.39, 0.29) is 32.0 Å². The molecule has 56 heavy (non-hydrogen) atoms. The number of rotatable bonds is 42. The SMILES string of the molecule is CCCCCC/C=C/CCCCCCCCCCCC(=O)OC[C@H](COP(=O)(O)OCC[N+](C)(C)C)OC(=O)CCCC/C=C/CCCCCCCCCCC. The molecule has 1 unspecified atom stereocenters. The number of hydrogen-bond acceptors (Lipinski definition) is 7. The lowest BCUT2D eigenvalue weighted by Crippen LogP contribution is -2.37. The van der Waals surface area contributed by atoms with Crippen LogP contribution < -0.4 is 0 Å². The van der Waals surface area contributed by atoms with Crippen LogP contribution in [0.15, 0.2) is 24.3 Å². The van der Waals surface area contributed by atoms with Crippen molar-refractivity contribution >= 4 is 19.8 Å². The summed E-state index contributed by atoms with van der Waals surface area (Å²) in [5.74, 6) is -0.821. The Balaban J connectivity index is 4.34. The topological polar surface area (TPSA) is 108 Å². The molecule has 0 fully saturated rings. The minimum Gasteiger partial charge on any atom is -0.462 e. The molecule has 0 rings (SSSR count). The highest BCUT2D eigenvalue weighted by atomic mass is 31.2. The number of hydrogen-bond donors (Lipinski definition) is 1. The van der Waals surface area contributed by atoms with E-state index in [9.17, 15) is 19.0 Å². The van der Waals surface area contributed by atoms with E-state index >= 15 is 0 Å². The van der Waals surface area contributed by atoms with E-state index in [1.54, 1.807) is 0 Å². The van der Waals surface area contributed by atoms with Crippen LogP contribution in [0.1, 0.15) is 206 Å². The molecule has 1 N–H and O–H groups in total. The van der Waals surface area contributed by atoms with Crippen molar-refractivity contribution in [2.24, 2.45) is 0 Å². The maximum atomic E-state index is 12.7. The smallest absolute Gasteiger partial charge is 0.462 e. The summed E-state index contributed by atoms with van der Waals surface area (Å²) in [5, 5.41) is 0. The van der Waals surface area contributed by atoms with Gasteiger partial charge in [-0.2, -0.15) is 0 Å². The third-order valence-corrected chi connectivity index (χ3v) is 10.9. The highest BCUT2D eigenvalue weighted by Crippen LogP contribution is 2.43. The highest BCUT2D eigenvalue weighted by molar-refractivity contribution is 7.47. The van der Waals surface area contributed by atoms with E-state index < -0.39 is 26.5 Å². The molecule has 0 aromatic carbocycles. The van der Waals surface area contributed by atoms with Crippen molar-refractivity contribution in [1.29, 1.82) is 0 Å². The van der Waals surface area contributed by atoms with Gasteiger partial charge < -0.3 is 18.9 Å². The number of ether oxygens (including phenoxy) is 2. The zero-order valence-corrected chi connectivity index (χ0v) is 38.0. The Kier molecular flexibility index (Phi) is 37.9. The van der Waals surface area contributed by atoms with Gasteiger partial charge in [-0.25, -0.2) is 4.57 Å². The molecule has 0 aliphatic heterocycles. The zero-order valence-electron chi connectivity index (χ0n) is 37.1. The third kappa shape index (κ3) is 42.1. The summed E-state index contributed by atoms with van der Waals surface area (Å²) in [6.07, 6.45) is 42.2. The van der Waals surface area contributed by atoms with Crippen LogP contribution in [0.4, 0.5) is 0 Å². The summed E-state index contributed by atoms with van der Waals surface area (Å²) in [6, 6.07) is 0. The van der Waals surface area contributed by atoms with Crippen molar-refractivity contribution < 1.29 is 42.1 Å². The van der Waals surface area contributed by atoms with Gasteiger partial charge in [0, 0.05) is 12.8 Å². The molecule has 10 heteroatoms. The van der Waals surface area contributed by atoms with Gasteiger partial charge in [-0.3, -0.25) is 18.6 Å². The molecule has 0 amide bonds. The number of esters is 2. The first-order valence-corrected chi connectivity index (χ1v) is 24.6. The lowest BCUT2D eigenvalue weighted by atomic mass is 10.1. The van der Waals surface area contributed by atoms with E-state index in [0.717, 1.165) is 38.5 Å². The number of carbonyl (C=O) groups is 2. The minimum atomic E-state index is -4.38. The van der Waals surface area contributed by atoms with Crippen LogP contribution in [0.3, 0.4) is 0 Å². The predicted octanol–water partition coefficient (Wildman–Crippen LogP) is 13.1. The summed E-state index contributed by atoms with van der Waals surface area (Å²) in [6.45, 7) is 4.40. The Morgan fingerprint density at radius 3 is 1.38 bits per heavy atom. The average Bonchev–Trinajstić information content (AvgIpc) is 3.15. The maximum Gasteiger partial charge on any atom is 0.472 e. The standard InChI is InChI=1S/C46H88NO8P/c1-6-8-10-12-14-16-18-20-22-23-25-26-28-30-32-34-36-38-45(48)52-42-44(43-54-56(50,51)53-41-40-47(3,4)5)55-46(49)39-37-35-33-31-29-27-24-21-19-17-15-13-11-9-7-2/h16,18,29,31,44H,6-15,17,19-28,30,32-43H2,1-5H3/p+1/b18-16+,31-29+/t44-/m1/s1. The van der Waals surface area contributed by atoms with Gasteiger partial charge in [0.15, 0.2) is 6.10 Å². The summed E-state index contributed by atoms with van der Waals surface area (Å²) in [4.78, 5) is 35.4. The van der Waals surface area contributed by atoms with Gasteiger partial charge in [0.1, 0.15) is 19.8 Å². The normalized spacial score (nSPS) is 13.8. The number of phosphoric ester groups is 1. The molecule has 0 spiro atoms. The van der Waals surface area contributed by atoms with Crippen LogP contribution in [0, 0.1) is 0 Å². The molecular formula is C46H89NO8P+. The molecule has 0 saturated carbocycles. The molecule has 0 bridgehead atoms. The van der Waals surface area contributed by atoms with E-state index in [1.807, 2.05) is 21.1 Å². The van der Waals surface area contributed by atoms with Gasteiger partial charge in [0.05, 0.1) is 27.7 Å². The largest absolute Gasteiger partial charge is 0.472 e. The number of quaternary nitrogens is 1. The molecule has 0 aromatic rings. The van der Waals surface area contributed by atoms with Crippen molar-refractivity contribution in [2.75, 3.05) is 47.5 Å². The van der Waals surface area contributed by atoms with Crippen LogP contribution in [-0.4, -0.2) is 74.9 Å². The number of allylic oxidation sites excluding steroid dienone is 4. The van der Waals surface area contributed by atoms with Gasteiger partial charge in [0.25, 0.3) is 0 Å². The van der Waals surface area contributed by atoms with E-state index in [1.165, 1.54) is 135 Å². The van der Waals surface area contributed by atoms with Gasteiger partial charge >= 0.3 is 19.8 Å². The maximum absolute atomic E-state index is 12.7. The molecule has 0 heterocycles. The van der Waals surface area contributed by atoms with Crippen LogP contribution in [-0.2, 0) is 32.7 Å². The number of carbonyl (C=O) groups excluding carboxylic acids is 2. The fourth-order valence-electron chi connectivity index (χ4n) is 6.30. The van der Waals surface area contributed by atoms with Crippen molar-refractivity contribution in [3.63, 3.8) is 0 Å². The van der Waals surface area contributed by atoms with Gasteiger partial charge in [-0.1, -0.05) is 154 Å². The van der Waals surface area contributed by atoms with Crippen LogP contribution >= 0.6 is 7.82 Å². The van der Waals surface area contributed by atoms with Crippen molar-refractivity contribution in [3.8, 4) is 0 Å². The molecule has 330 valence electrons. The first-order chi connectivity index (χ1) is 27.0. The Morgan fingerprint density at radius 2 is 0.911 bits per heavy atom. The first kappa shape index (κ1) is 54.5. The van der Waals surface area contributed by atoms with Crippen molar-refractivity contribution in [3.05, 3.63) is 24.3 Å². The average molecular weight is 815 g/mol. The number of nitrogens with zero attached hydrogens (tertiary/aromatic N) is 1. The second-order valence-corrected chi connectivity index (χ2v) is 18.2. The molecule has 0 aromatic heterocycles. The van der Waals surface area contributed by atoms with E-state index in [0.29, 0.717) is 17.4 Å². The number of unbranched alkanes of at least 4 members (excludes halogenated alkanes) is 24. The quantitative estimate of drug-likeness (QED) is 0.0213. The van der Waals surface area contributed by atoms with Gasteiger partial charge in [-0.05, 0) is 64.2 Å². The fourth-order valence-corrected chi connectivity index (χ4v) is 7.04. The molecule has 2 atom stereocenters. The first-order valence-electron chi connectivity index (χ1n) is 23.1. The molecule has 0 saturated heterocycles. The van der Waals surface area contributed by atoms with Crippen LogP contribution in [0.5, 0.6) is 0 Å². The lowest BCUT2D eigenvalue weighted by molar-refractivity contribution is -0.870. The summed E-state index contributed by atoms with van der Waals surface area (Å²) in [7, 11) is 1.47. The van der Waals surface area contributed by atoms with Crippen LogP contribution in [0.2, 0.25) is 0 Å². The van der Waals surface area contributed by atoms with E-state index in [4.69, 9.17) is 18.5 Å². The second-order valence-electron chi connectivity index (χ2n) is 16.8. The number of likely N-dealkylation sites (N-methyl/N-ethyl adjacent to an activating group) is 1. The molecule has 0 aliphatic carbocycles. The Hall–Kier alpha value is -1.51. The zero-order chi connectivity index (χ0) is 41.4. The number of phosphoric acid groups is 1. The third-order valence-electron chi connectivity index (χ3n) is 9.95. The Labute approximate surface area is 345 Å². The van der Waals surface area contributed by atoms with Crippen molar-refractivity contribution in [2.45, 2.75) is 213 Å². The lowest BCUT2D eigenvalue weighted by Gasteiger charge is -2.24. The molecular weight excluding hydrogens is 725 g/mol. The highest BCUT2D eigenvalue weighted by Gasteiger charge is 2.27. The van der Waals surface area contributed by atoms with Gasteiger partial charge in [-0.15, -0.1) is 0 Å². The van der Waals surface area contributed by atoms with Crippen molar-refractivity contribution in [1.82, 2.24) is 0 Å². The van der Waals surface area contributed by atoms with E-state index in [2.05, 4.69) is 38.2 Å². The summed E-state index contributed by atoms with van der Waals surface area (Å²) in [5.41, 5.74) is 0. The minimum absolute atomic E-state index is 0.0293. The Bertz CT molecular complexity index is 1010. The summed E-state index contributed by atoms with van der Waals surface area (Å²) >= 11 is 0. The monoisotopic (exact) mass is 815 g/mol. The second kappa shape index (κ2) is 39.0. The summed E-state index contributed by atoms with van der Waals surface area (Å²) < 4.78 is 34.3. The molecule has 9 nitrogen and oxygen atoms in total. The van der Waals surface area contributed by atoms with Gasteiger partial charge in [0.2, 0.25) is 0 Å². The van der Waals surface area contributed by atoms with Crippen LogP contribution in [0.25, 0.3) is 0 Å². The molecule has 0 radical (unpaired) electrons. The Morgan fingerprint density at radius 1 is 0.536 bits per heavy atom. The molecule has 0 aliphatic rings. The predicted molar refractivity (Wildman–Crippen MR) is 234 cm³/mol.